The normalized spacial score (nSPS) is 16.0. The fraction of sp³-hybridized carbons (Fsp3) is 0.737. The second kappa shape index (κ2) is 10.2. The molecule has 2 N–H and O–H groups in total. The summed E-state index contributed by atoms with van der Waals surface area (Å²) in [5.41, 5.74) is 2.19. The number of guanidine groups is 1. The molecular weight excluding hydrogens is 330 g/mol. The molecule has 1 aliphatic heterocycles. The van der Waals surface area contributed by atoms with E-state index in [4.69, 9.17) is 9.52 Å². The number of hydrogen-bond acceptors (Lipinski definition) is 4. The number of carbonyl (C=O) groups is 1. The molecule has 0 radical (unpaired) electrons. The van der Waals surface area contributed by atoms with E-state index in [0.29, 0.717) is 12.3 Å². The summed E-state index contributed by atoms with van der Waals surface area (Å²) in [5, 5.41) is 10.1. The summed E-state index contributed by atoms with van der Waals surface area (Å²) in [4.78, 5) is 18.7. The Bertz CT molecular complexity index is 584. The van der Waals surface area contributed by atoms with Crippen LogP contribution in [0.3, 0.4) is 0 Å². The van der Waals surface area contributed by atoms with E-state index in [9.17, 15) is 4.79 Å². The van der Waals surface area contributed by atoms with Gasteiger partial charge in [0.1, 0.15) is 5.76 Å². The van der Waals surface area contributed by atoms with Crippen molar-refractivity contribution in [3.63, 3.8) is 0 Å². The molecule has 146 valence electrons. The van der Waals surface area contributed by atoms with E-state index < -0.39 is 0 Å². The average molecular weight is 364 g/mol. The molecule has 1 aromatic heterocycles. The number of aliphatic imine (C=N–C) groups is 1. The summed E-state index contributed by atoms with van der Waals surface area (Å²) in [5.74, 6) is 2.53. The van der Waals surface area contributed by atoms with Crippen LogP contribution in [0, 0.1) is 19.8 Å². The van der Waals surface area contributed by atoms with Gasteiger partial charge in [-0.1, -0.05) is 5.16 Å². The third-order valence-electron chi connectivity index (χ3n) is 5.03. The molecule has 0 saturated carbocycles. The molecule has 7 nitrogen and oxygen atoms in total. The standard InChI is InChI=1S/C19H33N5O2/c1-5-21-19(22-10-6-7-17-14(2)23-26-15(17)3)24-11-8-16(9-12-24)13-18(25)20-4/h16H,5-13H2,1-4H3,(H,20,25)(H,21,22). The van der Waals surface area contributed by atoms with Crippen molar-refractivity contribution in [1.82, 2.24) is 20.7 Å². The topological polar surface area (TPSA) is 82.8 Å². The number of rotatable bonds is 7. The second-order valence-corrected chi connectivity index (χ2v) is 6.95. The van der Waals surface area contributed by atoms with Crippen molar-refractivity contribution in [2.45, 2.75) is 52.9 Å². The zero-order valence-corrected chi connectivity index (χ0v) is 16.6. The zero-order valence-electron chi connectivity index (χ0n) is 16.6. The van der Waals surface area contributed by atoms with E-state index in [0.717, 1.165) is 69.3 Å². The Kier molecular flexibility index (Phi) is 7.94. The number of amides is 1. The van der Waals surface area contributed by atoms with Crippen LogP contribution in [0.1, 0.15) is 49.6 Å². The minimum absolute atomic E-state index is 0.142. The summed E-state index contributed by atoms with van der Waals surface area (Å²) in [7, 11) is 1.70. The van der Waals surface area contributed by atoms with Crippen molar-refractivity contribution >= 4 is 11.9 Å². The van der Waals surface area contributed by atoms with E-state index in [1.807, 2.05) is 13.8 Å². The molecule has 1 fully saturated rings. The van der Waals surface area contributed by atoms with E-state index in [-0.39, 0.29) is 5.91 Å². The second-order valence-electron chi connectivity index (χ2n) is 6.95. The van der Waals surface area contributed by atoms with Crippen molar-refractivity contribution in [3.05, 3.63) is 17.0 Å². The molecule has 2 heterocycles. The van der Waals surface area contributed by atoms with E-state index in [1.165, 1.54) is 5.56 Å². The maximum Gasteiger partial charge on any atom is 0.220 e. The van der Waals surface area contributed by atoms with Crippen LogP contribution in [-0.2, 0) is 11.2 Å². The highest BCUT2D eigenvalue weighted by Gasteiger charge is 2.23. The third kappa shape index (κ3) is 5.75. The molecule has 0 aliphatic carbocycles. The Morgan fingerprint density at radius 1 is 1.35 bits per heavy atom. The Morgan fingerprint density at radius 3 is 2.65 bits per heavy atom. The van der Waals surface area contributed by atoms with Crippen LogP contribution in [0.15, 0.2) is 9.52 Å². The predicted molar refractivity (Wildman–Crippen MR) is 103 cm³/mol. The lowest BCUT2D eigenvalue weighted by molar-refractivity contribution is -0.121. The van der Waals surface area contributed by atoms with Crippen LogP contribution >= 0.6 is 0 Å². The first kappa shape index (κ1) is 20.3. The molecule has 2 rings (SSSR count). The fourth-order valence-corrected chi connectivity index (χ4v) is 3.44. The number of carbonyl (C=O) groups excluding carboxylic acids is 1. The van der Waals surface area contributed by atoms with Gasteiger partial charge in [0.2, 0.25) is 5.91 Å². The number of likely N-dealkylation sites (tertiary alicyclic amines) is 1. The van der Waals surface area contributed by atoms with Crippen molar-refractivity contribution < 1.29 is 9.32 Å². The number of nitrogens with one attached hydrogen (secondary N) is 2. The highest BCUT2D eigenvalue weighted by molar-refractivity contribution is 5.80. The minimum atomic E-state index is 0.142. The summed E-state index contributed by atoms with van der Waals surface area (Å²) >= 11 is 0. The maximum atomic E-state index is 11.5. The number of hydrogen-bond donors (Lipinski definition) is 2. The van der Waals surface area contributed by atoms with Gasteiger partial charge in [-0.3, -0.25) is 9.79 Å². The van der Waals surface area contributed by atoms with Crippen LogP contribution in [0.2, 0.25) is 0 Å². The number of aromatic nitrogens is 1. The van der Waals surface area contributed by atoms with Crippen LogP contribution in [-0.4, -0.2) is 55.2 Å². The van der Waals surface area contributed by atoms with Gasteiger partial charge in [-0.15, -0.1) is 0 Å². The molecule has 0 spiro atoms. The molecule has 0 unspecified atom stereocenters. The van der Waals surface area contributed by atoms with Gasteiger partial charge < -0.3 is 20.1 Å². The minimum Gasteiger partial charge on any atom is -0.361 e. The molecule has 1 aromatic rings. The first-order valence-electron chi connectivity index (χ1n) is 9.70. The monoisotopic (exact) mass is 363 g/mol. The van der Waals surface area contributed by atoms with E-state index >= 15 is 0 Å². The summed E-state index contributed by atoms with van der Waals surface area (Å²) in [6.45, 7) is 9.60. The molecule has 1 aliphatic rings. The van der Waals surface area contributed by atoms with E-state index in [1.54, 1.807) is 7.05 Å². The van der Waals surface area contributed by atoms with Crippen molar-refractivity contribution in [2.75, 3.05) is 33.2 Å². The predicted octanol–water partition coefficient (Wildman–Crippen LogP) is 2.04. The summed E-state index contributed by atoms with van der Waals surface area (Å²) in [6.07, 6.45) is 4.63. The molecule has 0 atom stereocenters. The van der Waals surface area contributed by atoms with Crippen molar-refractivity contribution in [3.8, 4) is 0 Å². The highest BCUT2D eigenvalue weighted by Crippen LogP contribution is 2.20. The molecule has 26 heavy (non-hydrogen) atoms. The lowest BCUT2D eigenvalue weighted by Gasteiger charge is -2.34. The van der Waals surface area contributed by atoms with Gasteiger partial charge in [0.05, 0.1) is 5.69 Å². The number of piperidine rings is 1. The molecule has 7 heteroatoms. The Labute approximate surface area is 156 Å². The summed E-state index contributed by atoms with van der Waals surface area (Å²) < 4.78 is 5.22. The molecule has 1 saturated heterocycles. The Hall–Kier alpha value is -2.05. The quantitative estimate of drug-likeness (QED) is 0.440. The maximum absolute atomic E-state index is 11.5. The van der Waals surface area contributed by atoms with Gasteiger partial charge in [0.25, 0.3) is 0 Å². The van der Waals surface area contributed by atoms with Gasteiger partial charge in [-0.05, 0) is 52.4 Å². The molecule has 0 bridgehead atoms. The van der Waals surface area contributed by atoms with Crippen LogP contribution in [0.5, 0.6) is 0 Å². The van der Waals surface area contributed by atoms with E-state index in [2.05, 4.69) is 27.6 Å². The average Bonchev–Trinajstić information content (AvgIpc) is 2.96. The first-order chi connectivity index (χ1) is 12.5. The van der Waals surface area contributed by atoms with Gasteiger partial charge in [-0.25, -0.2) is 0 Å². The van der Waals surface area contributed by atoms with Crippen LogP contribution in [0.25, 0.3) is 0 Å². The smallest absolute Gasteiger partial charge is 0.220 e. The first-order valence-corrected chi connectivity index (χ1v) is 9.70. The zero-order chi connectivity index (χ0) is 18.9. The molecular formula is C19H33N5O2. The van der Waals surface area contributed by atoms with Gasteiger partial charge in [0.15, 0.2) is 5.96 Å². The fourth-order valence-electron chi connectivity index (χ4n) is 3.44. The van der Waals surface area contributed by atoms with Crippen molar-refractivity contribution in [2.24, 2.45) is 10.9 Å². The van der Waals surface area contributed by atoms with Gasteiger partial charge in [0, 0.05) is 45.2 Å². The van der Waals surface area contributed by atoms with Gasteiger partial charge >= 0.3 is 0 Å². The third-order valence-corrected chi connectivity index (χ3v) is 5.03. The lowest BCUT2D eigenvalue weighted by Crippen LogP contribution is -2.46. The largest absolute Gasteiger partial charge is 0.361 e. The highest BCUT2D eigenvalue weighted by atomic mass is 16.5. The number of nitrogens with zero attached hydrogens (tertiary/aromatic N) is 3. The lowest BCUT2D eigenvalue weighted by atomic mass is 9.93. The van der Waals surface area contributed by atoms with Gasteiger partial charge in [-0.2, -0.15) is 0 Å². The molecule has 1 amide bonds. The Morgan fingerprint density at radius 2 is 2.08 bits per heavy atom. The number of aryl methyl sites for hydroxylation is 2. The van der Waals surface area contributed by atoms with Crippen LogP contribution in [0.4, 0.5) is 0 Å². The summed E-state index contributed by atoms with van der Waals surface area (Å²) in [6, 6.07) is 0. The Balaban J connectivity index is 1.82. The molecule has 0 aromatic carbocycles. The van der Waals surface area contributed by atoms with Crippen molar-refractivity contribution in [1.29, 1.82) is 0 Å². The SMILES string of the molecule is CCNC(=NCCCc1c(C)noc1C)N1CCC(CC(=O)NC)CC1. The van der Waals surface area contributed by atoms with Crippen LogP contribution < -0.4 is 10.6 Å².